The van der Waals surface area contributed by atoms with Crippen LogP contribution in [0, 0.1) is 0 Å². The molecule has 1 aromatic rings. The Morgan fingerprint density at radius 3 is 2.00 bits per heavy atom. The SMILES string of the molecule is CC(=O)OC[C@H]1O[C@@H](Oc2ccc(C(=O)NCCOCCOCCOCCN=[N+]=[N-])cc2O)[C@H](OC(C)=O)[C@@H](OC(C)=O)[C@H]1OC(C)=O. The lowest BCUT2D eigenvalue weighted by atomic mass is 9.98. The zero-order valence-electron chi connectivity index (χ0n) is 27.0. The Labute approximate surface area is 275 Å². The number of benzene rings is 1. The largest absolute Gasteiger partial charge is 0.504 e. The molecule has 1 saturated heterocycles. The summed E-state index contributed by atoms with van der Waals surface area (Å²) >= 11 is 0. The van der Waals surface area contributed by atoms with Crippen LogP contribution in [-0.2, 0) is 57.1 Å². The molecule has 0 aromatic heterocycles. The predicted molar refractivity (Wildman–Crippen MR) is 159 cm³/mol. The number of esters is 4. The Kier molecular flexibility index (Phi) is 17.5. The van der Waals surface area contributed by atoms with Crippen molar-refractivity contribution in [2.45, 2.75) is 58.4 Å². The molecule has 1 aromatic carbocycles. The first-order valence-electron chi connectivity index (χ1n) is 14.7. The molecule has 1 amide bonds. The Balaban J connectivity index is 2.01. The Bertz CT molecular complexity index is 1290. The number of carbonyl (C=O) groups is 5. The number of aromatic hydroxyl groups is 1. The highest BCUT2D eigenvalue weighted by Gasteiger charge is 2.53. The lowest BCUT2D eigenvalue weighted by Crippen LogP contribution is -2.63. The van der Waals surface area contributed by atoms with Gasteiger partial charge in [0.25, 0.3) is 5.91 Å². The van der Waals surface area contributed by atoms with Gasteiger partial charge in [-0.2, -0.15) is 0 Å². The number of ether oxygens (including phenoxy) is 9. The van der Waals surface area contributed by atoms with Crippen molar-refractivity contribution in [3.63, 3.8) is 0 Å². The smallest absolute Gasteiger partial charge is 0.303 e. The maximum atomic E-state index is 12.6. The number of phenols is 1. The maximum absolute atomic E-state index is 12.6. The number of phenolic OH excluding ortho intramolecular Hbond substituents is 1. The summed E-state index contributed by atoms with van der Waals surface area (Å²) in [4.78, 5) is 62.7. The standard InChI is InChI=1S/C29H40N4O15/c1-17(34)43-16-24-25(44-18(2)35)26(45-19(3)36)27(46-20(4)37)29(48-24)47-23-6-5-21(15-22(23)38)28(39)31-7-9-40-11-13-42-14-12-41-10-8-32-33-30/h5-6,15,24-27,29,38H,7-14,16H2,1-4H3,(H,31,39)/t24-,25+,26+,27-,29-/m1/s1. The highest BCUT2D eigenvalue weighted by atomic mass is 16.7. The quantitative estimate of drug-likeness (QED) is 0.0484. The normalized spacial score (nSPS) is 20.0. The number of hydrogen-bond donors (Lipinski definition) is 2. The lowest BCUT2D eigenvalue weighted by Gasteiger charge is -2.43. The van der Waals surface area contributed by atoms with Gasteiger partial charge in [-0.3, -0.25) is 24.0 Å². The van der Waals surface area contributed by atoms with Gasteiger partial charge in [0.2, 0.25) is 12.4 Å². The Hall–Kier alpha value is -4.68. The van der Waals surface area contributed by atoms with E-state index in [2.05, 4.69) is 15.3 Å². The molecule has 1 heterocycles. The molecule has 1 fully saturated rings. The van der Waals surface area contributed by atoms with Crippen molar-refractivity contribution in [3.05, 3.63) is 34.2 Å². The minimum atomic E-state index is -1.58. The van der Waals surface area contributed by atoms with E-state index in [1.807, 2.05) is 0 Å². The highest BCUT2D eigenvalue weighted by Crippen LogP contribution is 2.34. The van der Waals surface area contributed by atoms with Crippen molar-refractivity contribution in [3.8, 4) is 11.5 Å². The summed E-state index contributed by atoms with van der Waals surface area (Å²) in [5.74, 6) is -4.36. The molecule has 0 saturated carbocycles. The minimum absolute atomic E-state index is 0.0742. The van der Waals surface area contributed by atoms with Crippen LogP contribution in [0.2, 0.25) is 0 Å². The summed E-state index contributed by atoms with van der Waals surface area (Å²) in [6, 6.07) is 3.73. The fourth-order valence-corrected chi connectivity index (χ4v) is 4.20. The number of rotatable bonds is 20. The van der Waals surface area contributed by atoms with Crippen LogP contribution in [-0.4, -0.2) is 125 Å². The lowest BCUT2D eigenvalue weighted by molar-refractivity contribution is -0.288. The van der Waals surface area contributed by atoms with E-state index < -0.39 is 72.8 Å². The van der Waals surface area contributed by atoms with Crippen LogP contribution < -0.4 is 10.1 Å². The molecule has 48 heavy (non-hydrogen) atoms. The van der Waals surface area contributed by atoms with E-state index in [1.165, 1.54) is 12.1 Å². The van der Waals surface area contributed by atoms with Crippen LogP contribution >= 0.6 is 0 Å². The van der Waals surface area contributed by atoms with Crippen LogP contribution in [0.15, 0.2) is 23.3 Å². The van der Waals surface area contributed by atoms with Gasteiger partial charge in [0.15, 0.2) is 23.7 Å². The molecule has 5 atom stereocenters. The van der Waals surface area contributed by atoms with E-state index >= 15 is 0 Å². The number of amides is 1. The van der Waals surface area contributed by atoms with Gasteiger partial charge in [0.05, 0.1) is 39.6 Å². The van der Waals surface area contributed by atoms with E-state index in [0.29, 0.717) is 26.4 Å². The number of carbonyl (C=O) groups excluding carboxylic acids is 5. The molecule has 19 nitrogen and oxygen atoms in total. The van der Waals surface area contributed by atoms with Crippen molar-refractivity contribution in [2.24, 2.45) is 5.11 Å². The predicted octanol–water partition coefficient (Wildman–Crippen LogP) is 0.944. The second-order valence-corrected chi connectivity index (χ2v) is 9.92. The van der Waals surface area contributed by atoms with Gasteiger partial charge in [-0.25, -0.2) is 0 Å². The number of hydrogen-bond acceptors (Lipinski definition) is 16. The number of azide groups is 1. The first kappa shape index (κ1) is 39.5. The molecule has 0 aliphatic carbocycles. The van der Waals surface area contributed by atoms with E-state index in [4.69, 9.17) is 48.2 Å². The summed E-state index contributed by atoms with van der Waals surface area (Å²) in [5.41, 5.74) is 8.25. The topological polar surface area (TPSA) is 249 Å². The van der Waals surface area contributed by atoms with Crippen molar-refractivity contribution in [1.82, 2.24) is 5.32 Å². The van der Waals surface area contributed by atoms with Crippen molar-refractivity contribution in [2.75, 3.05) is 59.3 Å². The second kappa shape index (κ2) is 21.2. The number of nitrogens with zero attached hydrogens (tertiary/aromatic N) is 3. The van der Waals surface area contributed by atoms with E-state index in [1.54, 1.807) is 0 Å². The van der Waals surface area contributed by atoms with E-state index in [0.717, 1.165) is 33.8 Å². The average molecular weight is 685 g/mol. The summed E-state index contributed by atoms with van der Waals surface area (Å²) in [7, 11) is 0. The molecule has 266 valence electrons. The zero-order valence-corrected chi connectivity index (χ0v) is 27.0. The van der Waals surface area contributed by atoms with Crippen LogP contribution in [0.1, 0.15) is 38.1 Å². The molecular formula is C29H40N4O15. The van der Waals surface area contributed by atoms with Gasteiger partial charge >= 0.3 is 23.9 Å². The summed E-state index contributed by atoms with van der Waals surface area (Å²) < 4.78 is 48.7. The Morgan fingerprint density at radius 1 is 0.833 bits per heavy atom. The van der Waals surface area contributed by atoms with Gasteiger partial charge in [0, 0.05) is 51.3 Å². The molecule has 0 unspecified atom stereocenters. The van der Waals surface area contributed by atoms with Gasteiger partial charge in [-0.1, -0.05) is 5.11 Å². The third kappa shape index (κ3) is 14.4. The van der Waals surface area contributed by atoms with Crippen LogP contribution in [0.4, 0.5) is 0 Å². The molecular weight excluding hydrogens is 644 g/mol. The zero-order chi connectivity index (χ0) is 35.5. The van der Waals surface area contributed by atoms with Crippen LogP contribution in [0.5, 0.6) is 11.5 Å². The second-order valence-electron chi connectivity index (χ2n) is 9.92. The average Bonchev–Trinajstić information content (AvgIpc) is 3.01. The van der Waals surface area contributed by atoms with Gasteiger partial charge < -0.3 is 53.1 Å². The first-order valence-corrected chi connectivity index (χ1v) is 14.7. The molecule has 2 rings (SSSR count). The van der Waals surface area contributed by atoms with Crippen LogP contribution in [0.3, 0.4) is 0 Å². The molecule has 0 spiro atoms. The van der Waals surface area contributed by atoms with Crippen molar-refractivity contribution in [1.29, 1.82) is 0 Å². The van der Waals surface area contributed by atoms with Crippen LogP contribution in [0.25, 0.3) is 10.4 Å². The fraction of sp³-hybridized carbons (Fsp3) is 0.621. The number of nitrogens with one attached hydrogen (secondary N) is 1. The molecule has 0 radical (unpaired) electrons. The Morgan fingerprint density at radius 2 is 1.42 bits per heavy atom. The fourth-order valence-electron chi connectivity index (χ4n) is 4.20. The van der Waals surface area contributed by atoms with Crippen molar-refractivity contribution < 1.29 is 71.7 Å². The third-order valence-electron chi connectivity index (χ3n) is 6.09. The van der Waals surface area contributed by atoms with E-state index in [-0.39, 0.29) is 37.6 Å². The van der Waals surface area contributed by atoms with Gasteiger partial charge in [-0.15, -0.1) is 0 Å². The summed E-state index contributed by atoms with van der Waals surface area (Å²) in [6.07, 6.45) is -7.19. The highest BCUT2D eigenvalue weighted by molar-refractivity contribution is 5.94. The molecule has 1 aliphatic rings. The third-order valence-corrected chi connectivity index (χ3v) is 6.09. The molecule has 2 N–H and O–H groups in total. The molecule has 0 bridgehead atoms. The molecule has 1 aliphatic heterocycles. The van der Waals surface area contributed by atoms with E-state index in [9.17, 15) is 29.1 Å². The summed E-state index contributed by atoms with van der Waals surface area (Å²) in [6.45, 7) is 6.09. The van der Waals surface area contributed by atoms with Crippen molar-refractivity contribution >= 4 is 29.8 Å². The maximum Gasteiger partial charge on any atom is 0.303 e. The summed E-state index contributed by atoms with van der Waals surface area (Å²) in [5, 5.41) is 16.7. The minimum Gasteiger partial charge on any atom is -0.504 e. The molecule has 19 heteroatoms. The van der Waals surface area contributed by atoms with Gasteiger partial charge in [-0.05, 0) is 23.7 Å². The monoisotopic (exact) mass is 684 g/mol. The first-order chi connectivity index (χ1) is 22.9. The van der Waals surface area contributed by atoms with Gasteiger partial charge in [0.1, 0.15) is 12.7 Å².